The van der Waals surface area contributed by atoms with Gasteiger partial charge in [-0.2, -0.15) is 0 Å². The van der Waals surface area contributed by atoms with Crippen molar-refractivity contribution in [2.75, 3.05) is 11.4 Å². The van der Waals surface area contributed by atoms with E-state index in [0.717, 1.165) is 17.7 Å². The molecule has 2 aromatic rings. The van der Waals surface area contributed by atoms with E-state index in [1.807, 2.05) is 24.3 Å². The highest BCUT2D eigenvalue weighted by Gasteiger charge is 2.30. The number of aromatic amines is 1. The molecule has 1 atom stereocenters. The van der Waals surface area contributed by atoms with E-state index in [0.29, 0.717) is 18.7 Å². The molecule has 0 saturated heterocycles. The zero-order valence-electron chi connectivity index (χ0n) is 14.0. The van der Waals surface area contributed by atoms with Crippen molar-refractivity contribution in [2.45, 2.75) is 26.2 Å². The van der Waals surface area contributed by atoms with Gasteiger partial charge in [0.25, 0.3) is 11.5 Å². The summed E-state index contributed by atoms with van der Waals surface area (Å²) in [6, 6.07) is 10.8. The maximum Gasteiger partial charge on any atom is 0.303 e. The summed E-state index contributed by atoms with van der Waals surface area (Å²) in [5, 5.41) is 8.93. The number of fused-ring (bicyclic) bond motifs is 1. The first-order valence-corrected chi connectivity index (χ1v) is 8.27. The third-order valence-electron chi connectivity index (χ3n) is 4.53. The zero-order chi connectivity index (χ0) is 18.0. The number of amides is 1. The minimum Gasteiger partial charge on any atom is -0.481 e. The number of hydrogen-bond acceptors (Lipinski definition) is 3. The fourth-order valence-electron chi connectivity index (χ4n) is 3.28. The van der Waals surface area contributed by atoms with Crippen LogP contribution >= 0.6 is 0 Å². The Morgan fingerprint density at radius 3 is 2.72 bits per heavy atom. The molecule has 0 fully saturated rings. The molecule has 1 amide bonds. The Hall–Kier alpha value is -2.89. The number of carbonyl (C=O) groups excluding carboxylic acids is 1. The Bertz CT molecular complexity index is 872. The van der Waals surface area contributed by atoms with E-state index >= 15 is 0 Å². The molecule has 130 valence electrons. The molecule has 0 saturated carbocycles. The van der Waals surface area contributed by atoms with Gasteiger partial charge in [-0.1, -0.05) is 18.2 Å². The molecule has 2 N–H and O–H groups in total. The number of anilines is 1. The molecule has 1 aromatic heterocycles. The summed E-state index contributed by atoms with van der Waals surface area (Å²) in [5.41, 5.74) is 2.18. The second kappa shape index (κ2) is 6.93. The molecule has 2 heterocycles. The van der Waals surface area contributed by atoms with Gasteiger partial charge in [0.2, 0.25) is 0 Å². The standard InChI is InChI=1S/C19H20N2O4/c1-12-6-8-15(18(24)20-12)19(25)21-11-13(7-9-17(22)23)10-14-4-2-3-5-16(14)21/h2-6,8,13H,7,9-11H2,1H3,(H,20,24)(H,22,23). The Kier molecular flexibility index (Phi) is 4.70. The van der Waals surface area contributed by atoms with Gasteiger partial charge in [-0.15, -0.1) is 0 Å². The summed E-state index contributed by atoms with van der Waals surface area (Å²) in [6.45, 7) is 2.17. The quantitative estimate of drug-likeness (QED) is 0.894. The van der Waals surface area contributed by atoms with Gasteiger partial charge in [-0.05, 0) is 49.4 Å². The monoisotopic (exact) mass is 340 g/mol. The average Bonchev–Trinajstić information content (AvgIpc) is 2.58. The summed E-state index contributed by atoms with van der Waals surface area (Å²) in [5.74, 6) is -1.14. The predicted octanol–water partition coefficient (Wildman–Crippen LogP) is 2.37. The minimum absolute atomic E-state index is 0.0551. The van der Waals surface area contributed by atoms with Crippen LogP contribution in [0.5, 0.6) is 0 Å². The Balaban J connectivity index is 1.94. The summed E-state index contributed by atoms with van der Waals surface area (Å²) in [4.78, 5) is 40.3. The van der Waals surface area contributed by atoms with Crippen LogP contribution in [0.4, 0.5) is 5.69 Å². The van der Waals surface area contributed by atoms with E-state index in [-0.39, 0.29) is 23.8 Å². The summed E-state index contributed by atoms with van der Waals surface area (Å²) < 4.78 is 0. The van der Waals surface area contributed by atoms with E-state index in [1.54, 1.807) is 24.0 Å². The van der Waals surface area contributed by atoms with Crippen LogP contribution in [0.15, 0.2) is 41.2 Å². The largest absolute Gasteiger partial charge is 0.481 e. The molecule has 6 heteroatoms. The number of nitrogens with one attached hydrogen (secondary N) is 1. The van der Waals surface area contributed by atoms with E-state index in [9.17, 15) is 14.4 Å². The zero-order valence-corrected chi connectivity index (χ0v) is 14.0. The molecule has 1 aliphatic heterocycles. The fraction of sp³-hybridized carbons (Fsp3) is 0.316. The van der Waals surface area contributed by atoms with E-state index < -0.39 is 11.5 Å². The maximum atomic E-state index is 13.0. The molecular weight excluding hydrogens is 320 g/mol. The lowest BCUT2D eigenvalue weighted by atomic mass is 9.89. The number of para-hydroxylation sites is 1. The van der Waals surface area contributed by atoms with Crippen LogP contribution in [-0.2, 0) is 11.2 Å². The number of aryl methyl sites for hydroxylation is 1. The number of benzene rings is 1. The van der Waals surface area contributed by atoms with Crippen molar-refractivity contribution < 1.29 is 14.7 Å². The van der Waals surface area contributed by atoms with Crippen LogP contribution in [0, 0.1) is 12.8 Å². The number of rotatable bonds is 4. The van der Waals surface area contributed by atoms with E-state index in [1.165, 1.54) is 0 Å². The minimum atomic E-state index is -0.841. The first-order chi connectivity index (χ1) is 12.0. The Morgan fingerprint density at radius 1 is 1.24 bits per heavy atom. The molecule has 0 aliphatic carbocycles. The van der Waals surface area contributed by atoms with Gasteiger partial charge in [0.1, 0.15) is 5.56 Å². The topological polar surface area (TPSA) is 90.5 Å². The normalized spacial score (nSPS) is 16.4. The maximum absolute atomic E-state index is 13.0. The van der Waals surface area contributed by atoms with E-state index in [4.69, 9.17) is 5.11 Å². The summed E-state index contributed by atoms with van der Waals surface area (Å²) in [7, 11) is 0. The van der Waals surface area contributed by atoms with Crippen molar-refractivity contribution in [2.24, 2.45) is 5.92 Å². The average molecular weight is 340 g/mol. The number of H-pyrrole nitrogens is 1. The first kappa shape index (κ1) is 17.0. The van der Waals surface area contributed by atoms with Gasteiger partial charge in [0, 0.05) is 24.3 Å². The van der Waals surface area contributed by atoms with Gasteiger partial charge < -0.3 is 15.0 Å². The number of aliphatic carboxylic acids is 1. The van der Waals surface area contributed by atoms with Crippen LogP contribution < -0.4 is 10.5 Å². The fourth-order valence-corrected chi connectivity index (χ4v) is 3.28. The molecule has 25 heavy (non-hydrogen) atoms. The second-order valence-electron chi connectivity index (χ2n) is 6.43. The van der Waals surface area contributed by atoms with Crippen molar-refractivity contribution >= 4 is 17.6 Å². The number of carboxylic acid groups (broad SMARTS) is 1. The molecule has 6 nitrogen and oxygen atoms in total. The third-order valence-corrected chi connectivity index (χ3v) is 4.53. The number of carboxylic acids is 1. The number of pyridine rings is 1. The van der Waals surface area contributed by atoms with Gasteiger partial charge in [0.05, 0.1) is 0 Å². The molecule has 0 radical (unpaired) electrons. The molecule has 0 bridgehead atoms. The van der Waals surface area contributed by atoms with E-state index in [2.05, 4.69) is 4.98 Å². The van der Waals surface area contributed by atoms with Gasteiger partial charge in [0.15, 0.2) is 0 Å². The van der Waals surface area contributed by atoms with Crippen molar-refractivity contribution in [1.82, 2.24) is 4.98 Å². The van der Waals surface area contributed by atoms with Crippen molar-refractivity contribution in [3.8, 4) is 0 Å². The lowest BCUT2D eigenvalue weighted by Gasteiger charge is -2.34. The predicted molar refractivity (Wildman–Crippen MR) is 94.0 cm³/mol. The highest BCUT2D eigenvalue weighted by molar-refractivity contribution is 6.06. The van der Waals surface area contributed by atoms with Gasteiger partial charge >= 0.3 is 5.97 Å². The molecular formula is C19H20N2O4. The third kappa shape index (κ3) is 3.63. The lowest BCUT2D eigenvalue weighted by molar-refractivity contribution is -0.137. The summed E-state index contributed by atoms with van der Waals surface area (Å²) in [6.07, 6.45) is 1.30. The SMILES string of the molecule is Cc1ccc(C(=O)N2CC(CCC(=O)O)Cc3ccccc32)c(=O)[nH]1. The molecule has 1 aliphatic rings. The smallest absolute Gasteiger partial charge is 0.303 e. The highest BCUT2D eigenvalue weighted by Crippen LogP contribution is 2.32. The molecule has 1 unspecified atom stereocenters. The lowest BCUT2D eigenvalue weighted by Crippen LogP contribution is -2.42. The second-order valence-corrected chi connectivity index (χ2v) is 6.43. The number of hydrogen-bond donors (Lipinski definition) is 2. The van der Waals surface area contributed by atoms with Crippen molar-refractivity contribution in [1.29, 1.82) is 0 Å². The van der Waals surface area contributed by atoms with Crippen molar-refractivity contribution in [3.63, 3.8) is 0 Å². The number of nitrogens with zero attached hydrogens (tertiary/aromatic N) is 1. The Morgan fingerprint density at radius 2 is 2.00 bits per heavy atom. The van der Waals surface area contributed by atoms with Crippen LogP contribution in [0.25, 0.3) is 0 Å². The van der Waals surface area contributed by atoms with Crippen LogP contribution in [0.3, 0.4) is 0 Å². The first-order valence-electron chi connectivity index (χ1n) is 8.27. The van der Waals surface area contributed by atoms with Gasteiger partial charge in [-0.3, -0.25) is 14.4 Å². The van der Waals surface area contributed by atoms with Crippen LogP contribution in [0.1, 0.15) is 34.5 Å². The van der Waals surface area contributed by atoms with Gasteiger partial charge in [-0.25, -0.2) is 0 Å². The number of carbonyl (C=O) groups is 2. The molecule has 3 rings (SSSR count). The Labute approximate surface area is 145 Å². The summed E-state index contributed by atoms with van der Waals surface area (Å²) >= 11 is 0. The van der Waals surface area contributed by atoms with Crippen LogP contribution in [0.2, 0.25) is 0 Å². The van der Waals surface area contributed by atoms with Crippen molar-refractivity contribution in [3.05, 3.63) is 63.6 Å². The highest BCUT2D eigenvalue weighted by atomic mass is 16.4. The van der Waals surface area contributed by atoms with Crippen LogP contribution in [-0.4, -0.2) is 28.5 Å². The molecule has 1 aromatic carbocycles. The molecule has 0 spiro atoms. The number of aromatic nitrogens is 1.